The Bertz CT molecular complexity index is 604. The highest BCUT2D eigenvalue weighted by atomic mass is 32.3. The highest BCUT2D eigenvalue weighted by molar-refractivity contribution is 7.89. The largest absolute Gasteiger partial charge is 0.332 e. The Hall–Kier alpha value is -0.990. The molecule has 8 heteroatoms. The smallest absolute Gasteiger partial charge is 0.207 e. The summed E-state index contributed by atoms with van der Waals surface area (Å²) >= 11 is 0. The minimum absolute atomic E-state index is 0.0569. The molecule has 0 amide bonds. The molecule has 0 aliphatic carbocycles. The van der Waals surface area contributed by atoms with Gasteiger partial charge in [0.2, 0.25) is 10.0 Å². The Morgan fingerprint density at radius 1 is 0.944 bits per heavy atom. The van der Waals surface area contributed by atoms with Gasteiger partial charge in [0.05, 0.1) is 9.79 Å². The van der Waals surface area contributed by atoms with E-state index in [1.165, 1.54) is 4.31 Å². The Morgan fingerprint density at radius 2 is 1.33 bits per heavy atom. The Morgan fingerprint density at radius 3 is 1.67 bits per heavy atom. The van der Waals surface area contributed by atoms with Crippen molar-refractivity contribution in [1.29, 1.82) is 0 Å². The average Bonchev–Trinajstić information content (AvgIpc) is 2.29. The van der Waals surface area contributed by atoms with E-state index < -0.39 is 25.1 Å². The van der Waals surface area contributed by atoms with Gasteiger partial charge in [-0.3, -0.25) is 0 Å². The minimum atomic E-state index is -4.80. The maximum absolute atomic E-state index is 12.7. The number of rotatable bonds is 5. The predicted molar refractivity (Wildman–Crippen MR) is 64.8 cm³/mol. The van der Waals surface area contributed by atoms with Crippen molar-refractivity contribution in [3.63, 3.8) is 0 Å². The zero-order valence-corrected chi connectivity index (χ0v) is 11.6. The summed E-state index contributed by atoms with van der Waals surface area (Å²) in [6, 6.07) is 4.04. The molecule has 0 radical (unpaired) electrons. The second-order valence-electron chi connectivity index (χ2n) is 3.50. The first-order valence-electron chi connectivity index (χ1n) is 5.28. The van der Waals surface area contributed by atoms with E-state index in [0.717, 1.165) is 24.3 Å². The molecule has 0 unspecified atom stereocenters. The number of halogens is 1. The van der Waals surface area contributed by atoms with Crippen LogP contribution in [0, 0.1) is 0 Å². The molecule has 0 aliphatic rings. The third kappa shape index (κ3) is 3.06. The van der Waals surface area contributed by atoms with Gasteiger partial charge >= 0.3 is 10.2 Å². The van der Waals surface area contributed by atoms with Crippen molar-refractivity contribution in [2.75, 3.05) is 13.1 Å². The monoisotopic (exact) mass is 295 g/mol. The van der Waals surface area contributed by atoms with Crippen LogP contribution in [0.2, 0.25) is 0 Å². The lowest BCUT2D eigenvalue weighted by atomic mass is 10.4. The summed E-state index contributed by atoms with van der Waals surface area (Å²) in [5.74, 6) is 0. The van der Waals surface area contributed by atoms with Gasteiger partial charge in [-0.15, -0.1) is 3.89 Å². The van der Waals surface area contributed by atoms with Gasteiger partial charge in [-0.2, -0.15) is 12.7 Å². The van der Waals surface area contributed by atoms with E-state index in [9.17, 15) is 20.7 Å². The molecule has 0 atom stereocenters. The van der Waals surface area contributed by atoms with Gasteiger partial charge in [0.25, 0.3) is 0 Å². The molecule has 0 N–H and O–H groups in total. The van der Waals surface area contributed by atoms with Gasteiger partial charge in [-0.25, -0.2) is 8.42 Å². The van der Waals surface area contributed by atoms with E-state index in [0.29, 0.717) is 13.1 Å². The summed E-state index contributed by atoms with van der Waals surface area (Å²) in [4.78, 5) is -0.611. The number of hydrogen-bond acceptors (Lipinski definition) is 4. The second kappa shape index (κ2) is 5.33. The van der Waals surface area contributed by atoms with Crippen LogP contribution >= 0.6 is 0 Å². The normalized spacial score (nSPS) is 12.9. The predicted octanol–water partition coefficient (Wildman–Crippen LogP) is 1.38. The molecule has 0 saturated carbocycles. The molecule has 1 rings (SSSR count). The summed E-state index contributed by atoms with van der Waals surface area (Å²) in [6.45, 7) is 4.01. The highest BCUT2D eigenvalue weighted by Gasteiger charge is 2.22. The molecule has 102 valence electrons. The molecule has 0 spiro atoms. The van der Waals surface area contributed by atoms with Crippen LogP contribution in [-0.4, -0.2) is 34.2 Å². The first kappa shape index (κ1) is 15.1. The summed E-state index contributed by atoms with van der Waals surface area (Å²) in [5.41, 5.74) is 0. The highest BCUT2D eigenvalue weighted by Crippen LogP contribution is 2.19. The van der Waals surface area contributed by atoms with Crippen molar-refractivity contribution in [2.24, 2.45) is 0 Å². The number of hydrogen-bond donors (Lipinski definition) is 0. The van der Waals surface area contributed by atoms with Crippen LogP contribution in [-0.2, 0) is 20.2 Å². The number of nitrogens with zero attached hydrogens (tertiary/aromatic N) is 1. The van der Waals surface area contributed by atoms with Gasteiger partial charge in [0, 0.05) is 13.1 Å². The van der Waals surface area contributed by atoms with Crippen LogP contribution in [0.25, 0.3) is 0 Å². The van der Waals surface area contributed by atoms with Crippen LogP contribution in [0.15, 0.2) is 34.1 Å². The third-order valence-electron chi connectivity index (χ3n) is 2.45. The first-order valence-corrected chi connectivity index (χ1v) is 8.10. The second-order valence-corrected chi connectivity index (χ2v) is 6.78. The fraction of sp³-hybridized carbons (Fsp3) is 0.400. The Labute approximate surface area is 106 Å². The van der Waals surface area contributed by atoms with Crippen molar-refractivity contribution in [3.05, 3.63) is 24.3 Å². The molecule has 0 fully saturated rings. The lowest BCUT2D eigenvalue weighted by Gasteiger charge is -2.18. The maximum atomic E-state index is 12.7. The number of benzene rings is 1. The van der Waals surface area contributed by atoms with E-state index in [4.69, 9.17) is 0 Å². The van der Waals surface area contributed by atoms with Crippen LogP contribution in [0.1, 0.15) is 13.8 Å². The summed E-state index contributed by atoms with van der Waals surface area (Å²) < 4.78 is 59.2. The van der Waals surface area contributed by atoms with Crippen molar-refractivity contribution < 1.29 is 20.7 Å². The average molecular weight is 295 g/mol. The maximum Gasteiger partial charge on any atom is 0.332 e. The summed E-state index contributed by atoms with van der Waals surface area (Å²) in [6.07, 6.45) is 0. The molecule has 18 heavy (non-hydrogen) atoms. The Balaban J connectivity index is 3.21. The molecular formula is C10H14FNO4S2. The van der Waals surface area contributed by atoms with E-state index in [2.05, 4.69) is 0 Å². The molecule has 1 aromatic carbocycles. The molecule has 0 aromatic heterocycles. The van der Waals surface area contributed by atoms with E-state index >= 15 is 0 Å². The van der Waals surface area contributed by atoms with Crippen molar-refractivity contribution >= 4 is 20.2 Å². The zero-order chi connectivity index (χ0) is 14.0. The zero-order valence-electron chi connectivity index (χ0n) is 10.00. The Kier molecular flexibility index (Phi) is 4.46. The van der Waals surface area contributed by atoms with Crippen molar-refractivity contribution in [1.82, 2.24) is 4.31 Å². The standard InChI is InChI=1S/C10H14FNO4S2/c1-3-12(4-2)18(15,16)10-7-5-9(6-8-10)17(11,13)14/h5-8H,3-4H2,1-2H3. The molecule has 5 nitrogen and oxygen atoms in total. The van der Waals surface area contributed by atoms with Gasteiger partial charge in [-0.05, 0) is 24.3 Å². The van der Waals surface area contributed by atoms with Gasteiger partial charge in [0.1, 0.15) is 0 Å². The summed E-state index contributed by atoms with van der Waals surface area (Å²) in [5, 5.41) is 0. The van der Waals surface area contributed by atoms with Crippen LogP contribution in [0.5, 0.6) is 0 Å². The van der Waals surface area contributed by atoms with Crippen LogP contribution in [0.4, 0.5) is 3.89 Å². The van der Waals surface area contributed by atoms with Gasteiger partial charge in [-0.1, -0.05) is 13.8 Å². The van der Waals surface area contributed by atoms with E-state index in [1.807, 2.05) is 0 Å². The van der Waals surface area contributed by atoms with E-state index in [1.54, 1.807) is 13.8 Å². The van der Waals surface area contributed by atoms with E-state index in [-0.39, 0.29) is 4.90 Å². The summed E-state index contributed by atoms with van der Waals surface area (Å²) in [7, 11) is -8.45. The fourth-order valence-corrected chi connectivity index (χ4v) is 3.41. The van der Waals surface area contributed by atoms with Crippen molar-refractivity contribution in [3.8, 4) is 0 Å². The van der Waals surface area contributed by atoms with Gasteiger partial charge in [0.15, 0.2) is 0 Å². The SMILES string of the molecule is CCN(CC)S(=O)(=O)c1ccc(S(=O)(=O)F)cc1. The van der Waals surface area contributed by atoms with Crippen LogP contribution < -0.4 is 0 Å². The molecule has 0 saturated heterocycles. The molecule has 0 bridgehead atoms. The first-order chi connectivity index (χ1) is 8.23. The quantitative estimate of drug-likeness (QED) is 0.769. The van der Waals surface area contributed by atoms with Crippen LogP contribution in [0.3, 0.4) is 0 Å². The van der Waals surface area contributed by atoms with Crippen molar-refractivity contribution in [2.45, 2.75) is 23.6 Å². The minimum Gasteiger partial charge on any atom is -0.207 e. The number of sulfonamides is 1. The fourth-order valence-electron chi connectivity index (χ4n) is 1.49. The molecular weight excluding hydrogens is 281 g/mol. The molecule has 0 aliphatic heterocycles. The lowest BCUT2D eigenvalue weighted by molar-refractivity contribution is 0.445. The third-order valence-corrected chi connectivity index (χ3v) is 5.35. The molecule has 1 aromatic rings. The van der Waals surface area contributed by atoms with Gasteiger partial charge < -0.3 is 0 Å². The molecule has 0 heterocycles. The lowest BCUT2D eigenvalue weighted by Crippen LogP contribution is -2.30. The topological polar surface area (TPSA) is 71.5 Å².